The minimum atomic E-state index is -0.729. The molecule has 0 aromatic heterocycles. The Bertz CT molecular complexity index is 1090. The maximum atomic E-state index is 13.9. The van der Waals surface area contributed by atoms with Crippen molar-refractivity contribution in [3.05, 3.63) is 75.2 Å². The number of benzene rings is 2. The zero-order valence-corrected chi connectivity index (χ0v) is 16.8. The molecule has 0 radical (unpaired) electrons. The highest BCUT2D eigenvalue weighted by Gasteiger charge is 2.42. The van der Waals surface area contributed by atoms with E-state index in [2.05, 4.69) is 10.6 Å². The van der Waals surface area contributed by atoms with Gasteiger partial charge in [0.1, 0.15) is 19.0 Å². The molecule has 1 atom stereocenters. The molecule has 2 aromatic carbocycles. The van der Waals surface area contributed by atoms with Crippen LogP contribution in [0.4, 0.5) is 14.9 Å². The lowest BCUT2D eigenvalue weighted by molar-refractivity contribution is -0.136. The van der Waals surface area contributed by atoms with Crippen LogP contribution in [-0.4, -0.2) is 36.0 Å². The molecule has 0 spiro atoms. The predicted molar refractivity (Wildman–Crippen MR) is 107 cm³/mol. The van der Waals surface area contributed by atoms with Crippen LogP contribution < -0.4 is 10.6 Å². The summed E-state index contributed by atoms with van der Waals surface area (Å²) in [6, 6.07) is 9.15. The predicted octanol–water partition coefficient (Wildman–Crippen LogP) is 3.65. The number of cyclic esters (lactones) is 1. The molecule has 4 rings (SSSR count). The normalized spacial score (nSPS) is 18.1. The minimum absolute atomic E-state index is 0.0752. The Balaban J connectivity index is 1.59. The third-order valence-electron chi connectivity index (χ3n) is 4.71. The van der Waals surface area contributed by atoms with Gasteiger partial charge in [-0.1, -0.05) is 35.3 Å². The first kappa shape index (κ1) is 20.2. The first-order chi connectivity index (χ1) is 14.3. The Morgan fingerprint density at radius 3 is 2.57 bits per heavy atom. The van der Waals surface area contributed by atoms with Gasteiger partial charge < -0.3 is 15.4 Å². The lowest BCUT2D eigenvalue weighted by atomic mass is 9.96. The van der Waals surface area contributed by atoms with Crippen LogP contribution in [0.3, 0.4) is 0 Å². The zero-order valence-electron chi connectivity index (χ0n) is 15.2. The minimum Gasteiger partial charge on any atom is -0.456 e. The summed E-state index contributed by atoms with van der Waals surface area (Å²) in [5.41, 5.74) is 1.10. The molecule has 2 heterocycles. The van der Waals surface area contributed by atoms with E-state index >= 15 is 0 Å². The SMILES string of the molecule is O=C(CN1C(=O)NC(c2ccc(Cl)cc2)C2=C1COC2=O)Nc1ccc(Cl)cc1F. The summed E-state index contributed by atoms with van der Waals surface area (Å²) >= 11 is 11.6. The fraction of sp³-hybridized carbons (Fsp3) is 0.150. The van der Waals surface area contributed by atoms with E-state index < -0.39 is 36.3 Å². The third-order valence-corrected chi connectivity index (χ3v) is 5.20. The van der Waals surface area contributed by atoms with Crippen LogP contribution in [-0.2, 0) is 14.3 Å². The standard InChI is InChI=1S/C20H14Cl2FN3O4/c21-11-3-1-10(2-4-11)18-17-15(9-30-19(17)28)26(20(29)25-18)8-16(27)24-14-6-5-12(22)7-13(14)23/h1-7,18H,8-9H2,(H,24,27)(H,25,29). The first-order valence-corrected chi connectivity index (χ1v) is 9.57. The highest BCUT2D eigenvalue weighted by atomic mass is 35.5. The topological polar surface area (TPSA) is 87.7 Å². The molecule has 30 heavy (non-hydrogen) atoms. The molecule has 0 saturated heterocycles. The number of halogens is 3. The van der Waals surface area contributed by atoms with Crippen LogP contribution in [0.1, 0.15) is 11.6 Å². The van der Waals surface area contributed by atoms with Crippen molar-refractivity contribution in [1.29, 1.82) is 0 Å². The van der Waals surface area contributed by atoms with E-state index in [1.807, 2.05) is 0 Å². The van der Waals surface area contributed by atoms with E-state index in [1.54, 1.807) is 24.3 Å². The summed E-state index contributed by atoms with van der Waals surface area (Å²) in [6.07, 6.45) is 0. The van der Waals surface area contributed by atoms with Gasteiger partial charge in [-0.25, -0.2) is 14.0 Å². The molecule has 0 bridgehead atoms. The van der Waals surface area contributed by atoms with Crippen molar-refractivity contribution in [1.82, 2.24) is 10.2 Å². The fourth-order valence-electron chi connectivity index (χ4n) is 3.31. The van der Waals surface area contributed by atoms with Gasteiger partial charge in [0.15, 0.2) is 0 Å². The van der Waals surface area contributed by atoms with E-state index in [9.17, 15) is 18.8 Å². The Labute approximate surface area is 180 Å². The lowest BCUT2D eigenvalue weighted by Gasteiger charge is -2.32. The summed E-state index contributed by atoms with van der Waals surface area (Å²) in [6.45, 7) is -0.578. The van der Waals surface area contributed by atoms with Crippen LogP contribution in [0.25, 0.3) is 0 Å². The largest absolute Gasteiger partial charge is 0.456 e. The van der Waals surface area contributed by atoms with Gasteiger partial charge >= 0.3 is 12.0 Å². The Morgan fingerprint density at radius 1 is 1.17 bits per heavy atom. The second kappa shape index (κ2) is 7.97. The first-order valence-electron chi connectivity index (χ1n) is 8.82. The van der Waals surface area contributed by atoms with Crippen molar-refractivity contribution in [3.63, 3.8) is 0 Å². The van der Waals surface area contributed by atoms with Gasteiger partial charge in [0, 0.05) is 10.0 Å². The molecule has 7 nitrogen and oxygen atoms in total. The van der Waals surface area contributed by atoms with Crippen molar-refractivity contribution in [2.24, 2.45) is 0 Å². The number of rotatable bonds is 4. The Morgan fingerprint density at radius 2 is 1.87 bits per heavy atom. The van der Waals surface area contributed by atoms with Gasteiger partial charge in [0.2, 0.25) is 5.91 Å². The number of hydrogen-bond acceptors (Lipinski definition) is 4. The Hall–Kier alpha value is -3.10. The van der Waals surface area contributed by atoms with Crippen molar-refractivity contribution in [3.8, 4) is 0 Å². The average molecular weight is 450 g/mol. The number of ether oxygens (including phenoxy) is 1. The summed E-state index contributed by atoms with van der Waals surface area (Å²) in [4.78, 5) is 38.6. The van der Waals surface area contributed by atoms with Gasteiger partial charge in [-0.05, 0) is 35.9 Å². The maximum Gasteiger partial charge on any atom is 0.338 e. The van der Waals surface area contributed by atoms with Crippen molar-refractivity contribution in [2.75, 3.05) is 18.5 Å². The quantitative estimate of drug-likeness (QED) is 0.697. The van der Waals surface area contributed by atoms with Crippen LogP contribution in [0, 0.1) is 5.82 Å². The van der Waals surface area contributed by atoms with Crippen LogP contribution in [0.2, 0.25) is 10.0 Å². The summed E-state index contributed by atoms with van der Waals surface area (Å²) in [5.74, 6) is -1.94. The van der Waals surface area contributed by atoms with Gasteiger partial charge in [-0.2, -0.15) is 0 Å². The Kier molecular flexibility index (Phi) is 5.36. The van der Waals surface area contributed by atoms with Gasteiger partial charge in [-0.3, -0.25) is 9.69 Å². The number of carbonyl (C=O) groups is 3. The average Bonchev–Trinajstić information content (AvgIpc) is 3.08. The van der Waals surface area contributed by atoms with Crippen molar-refractivity contribution >= 4 is 46.8 Å². The summed E-state index contributed by atoms with van der Waals surface area (Å²) in [7, 11) is 0. The number of esters is 1. The molecule has 10 heteroatoms. The van der Waals surface area contributed by atoms with Crippen LogP contribution in [0.15, 0.2) is 53.7 Å². The van der Waals surface area contributed by atoms with Crippen LogP contribution >= 0.6 is 23.2 Å². The molecule has 3 amide bonds. The number of carbonyl (C=O) groups excluding carboxylic acids is 3. The molecule has 2 N–H and O–H groups in total. The van der Waals surface area contributed by atoms with E-state index in [4.69, 9.17) is 27.9 Å². The summed E-state index contributed by atoms with van der Waals surface area (Å²) in [5, 5.41) is 5.79. The molecule has 0 fully saturated rings. The second-order valence-electron chi connectivity index (χ2n) is 6.63. The molecule has 0 saturated carbocycles. The maximum absolute atomic E-state index is 13.9. The van der Waals surface area contributed by atoms with Gasteiger partial charge in [0.25, 0.3) is 0 Å². The second-order valence-corrected chi connectivity index (χ2v) is 7.50. The molecule has 2 aliphatic heterocycles. The smallest absolute Gasteiger partial charge is 0.338 e. The van der Waals surface area contributed by atoms with E-state index in [1.165, 1.54) is 12.1 Å². The van der Waals surface area contributed by atoms with Crippen molar-refractivity contribution < 1.29 is 23.5 Å². The van der Waals surface area contributed by atoms with E-state index in [0.29, 0.717) is 10.6 Å². The van der Waals surface area contributed by atoms with Gasteiger partial charge in [-0.15, -0.1) is 0 Å². The number of anilines is 1. The third kappa shape index (κ3) is 3.83. The number of urea groups is 1. The van der Waals surface area contributed by atoms with Crippen molar-refractivity contribution in [2.45, 2.75) is 6.04 Å². The van der Waals surface area contributed by atoms with E-state index in [0.717, 1.165) is 11.0 Å². The highest BCUT2D eigenvalue weighted by molar-refractivity contribution is 6.30. The molecule has 154 valence electrons. The summed E-state index contributed by atoms with van der Waals surface area (Å²) < 4.78 is 19.0. The molecule has 2 aromatic rings. The molecular weight excluding hydrogens is 436 g/mol. The molecular formula is C20H14Cl2FN3O4. The lowest BCUT2D eigenvalue weighted by Crippen LogP contribution is -2.49. The van der Waals surface area contributed by atoms with Gasteiger partial charge in [0.05, 0.1) is 23.0 Å². The zero-order chi connectivity index (χ0) is 21.4. The molecule has 0 aliphatic carbocycles. The highest BCUT2D eigenvalue weighted by Crippen LogP contribution is 2.35. The number of nitrogens with zero attached hydrogens (tertiary/aromatic N) is 1. The van der Waals surface area contributed by atoms with Crippen LogP contribution in [0.5, 0.6) is 0 Å². The molecule has 1 unspecified atom stereocenters. The number of amides is 3. The number of hydrogen-bond donors (Lipinski definition) is 2. The molecule has 2 aliphatic rings. The fourth-order valence-corrected chi connectivity index (χ4v) is 3.59. The number of nitrogens with one attached hydrogen (secondary N) is 2. The van der Waals surface area contributed by atoms with E-state index in [-0.39, 0.29) is 28.6 Å². The monoisotopic (exact) mass is 449 g/mol.